The molecule has 0 spiro atoms. The van der Waals surface area contributed by atoms with Gasteiger partial charge >= 0.3 is 5.97 Å². The summed E-state index contributed by atoms with van der Waals surface area (Å²) < 4.78 is 0. The molecule has 14 heteroatoms. The average molecular weight is 583 g/mol. The number of aliphatic hydroxyl groups excluding tert-OH is 1. The maximum Gasteiger partial charge on any atom is 0.326 e. The third-order valence-corrected chi connectivity index (χ3v) is 6.54. The number of amides is 4. The maximum absolute atomic E-state index is 13.4. The topological polar surface area (TPSA) is 250 Å². The Hall–Kier alpha value is -4.95. The molecule has 42 heavy (non-hydrogen) atoms. The second-order valence-electron chi connectivity index (χ2n) is 9.90. The van der Waals surface area contributed by atoms with Crippen molar-refractivity contribution >= 4 is 40.5 Å². The van der Waals surface area contributed by atoms with E-state index in [1.165, 1.54) is 31.2 Å². The van der Waals surface area contributed by atoms with Crippen molar-refractivity contribution in [2.24, 2.45) is 11.5 Å². The first-order chi connectivity index (χ1) is 19.8. The summed E-state index contributed by atoms with van der Waals surface area (Å²) in [5.74, 6) is -4.92. The molecule has 4 amide bonds. The molecule has 2 aromatic carbocycles. The van der Waals surface area contributed by atoms with Gasteiger partial charge in [-0.25, -0.2) is 4.79 Å². The minimum atomic E-state index is -1.58. The Balaban J connectivity index is 1.82. The molecule has 1 heterocycles. The summed E-state index contributed by atoms with van der Waals surface area (Å²) in [5.41, 5.74) is 12.7. The van der Waals surface area contributed by atoms with Crippen LogP contribution in [0.2, 0.25) is 0 Å². The largest absolute Gasteiger partial charge is 0.508 e. The zero-order chi connectivity index (χ0) is 31.0. The number of aliphatic carboxylic acids is 1. The van der Waals surface area contributed by atoms with Gasteiger partial charge in [0.25, 0.3) is 0 Å². The number of aliphatic hydroxyl groups is 1. The lowest BCUT2D eigenvalue weighted by Gasteiger charge is -2.26. The Labute approximate surface area is 240 Å². The second kappa shape index (κ2) is 14.1. The summed E-state index contributed by atoms with van der Waals surface area (Å²) in [6, 6.07) is 7.37. The van der Waals surface area contributed by atoms with Gasteiger partial charge < -0.3 is 47.7 Å². The van der Waals surface area contributed by atoms with Gasteiger partial charge in [-0.1, -0.05) is 30.3 Å². The Morgan fingerprint density at radius 2 is 1.52 bits per heavy atom. The number of phenolic OH excluding ortho intramolecular Hbond substituents is 1. The number of carboxylic acids is 1. The van der Waals surface area contributed by atoms with Crippen LogP contribution < -0.4 is 27.4 Å². The minimum absolute atomic E-state index is 0.0300. The van der Waals surface area contributed by atoms with E-state index in [9.17, 15) is 39.3 Å². The van der Waals surface area contributed by atoms with Crippen LogP contribution in [0.4, 0.5) is 0 Å². The van der Waals surface area contributed by atoms with Crippen LogP contribution in [0.3, 0.4) is 0 Å². The van der Waals surface area contributed by atoms with Crippen LogP contribution in [-0.2, 0) is 36.8 Å². The number of nitrogens with two attached hydrogens (primary N) is 2. The predicted octanol–water partition coefficient (Wildman–Crippen LogP) is -1.22. The molecule has 0 radical (unpaired) electrons. The van der Waals surface area contributed by atoms with Crippen LogP contribution in [-0.4, -0.2) is 80.2 Å². The monoisotopic (exact) mass is 582 g/mol. The number of primary amides is 1. The first-order valence-electron chi connectivity index (χ1n) is 13.0. The van der Waals surface area contributed by atoms with Crippen LogP contribution in [0.15, 0.2) is 54.7 Å². The molecule has 0 bridgehead atoms. The molecule has 5 unspecified atom stereocenters. The fraction of sp³-hybridized carbons (Fsp3) is 0.321. The van der Waals surface area contributed by atoms with E-state index in [1.54, 1.807) is 12.3 Å². The number of phenols is 1. The number of nitrogens with one attached hydrogen (secondary N) is 4. The van der Waals surface area contributed by atoms with Crippen molar-refractivity contribution in [1.82, 2.24) is 20.9 Å². The summed E-state index contributed by atoms with van der Waals surface area (Å²) in [4.78, 5) is 65.3. The van der Waals surface area contributed by atoms with Gasteiger partial charge in [-0.05, 0) is 36.2 Å². The summed E-state index contributed by atoms with van der Waals surface area (Å²) in [6.45, 7) is 1.22. The number of carboxylic acid groups (broad SMARTS) is 1. The highest BCUT2D eigenvalue weighted by molar-refractivity contribution is 5.95. The Bertz CT molecular complexity index is 1440. The van der Waals surface area contributed by atoms with Crippen molar-refractivity contribution in [3.8, 4) is 5.75 Å². The molecule has 0 fully saturated rings. The number of hydrogen-bond donors (Lipinski definition) is 9. The number of para-hydroxylation sites is 1. The van der Waals surface area contributed by atoms with Crippen molar-refractivity contribution in [3.63, 3.8) is 0 Å². The summed E-state index contributed by atoms with van der Waals surface area (Å²) in [7, 11) is 0. The van der Waals surface area contributed by atoms with Gasteiger partial charge in [0.1, 0.15) is 23.9 Å². The van der Waals surface area contributed by atoms with Gasteiger partial charge in [-0.3, -0.25) is 19.2 Å². The number of rotatable bonds is 14. The van der Waals surface area contributed by atoms with Gasteiger partial charge in [0.05, 0.1) is 18.6 Å². The Morgan fingerprint density at radius 3 is 2.14 bits per heavy atom. The molecule has 3 aromatic rings. The van der Waals surface area contributed by atoms with Crippen LogP contribution in [0.5, 0.6) is 5.75 Å². The lowest BCUT2D eigenvalue weighted by Crippen LogP contribution is -2.60. The van der Waals surface area contributed by atoms with Crippen LogP contribution >= 0.6 is 0 Å². The number of aromatic amines is 1. The van der Waals surface area contributed by atoms with Crippen LogP contribution in [0.25, 0.3) is 10.9 Å². The SMILES string of the molecule is CC(O)C(NC(=O)C(N)CC(N)=O)C(=O)NC(Cc1ccc(O)cc1)C(=O)NC(Cc1c[nH]c2ccccc12)C(=O)O. The fourth-order valence-corrected chi connectivity index (χ4v) is 4.31. The van der Waals surface area contributed by atoms with E-state index in [4.69, 9.17) is 11.5 Å². The number of carbonyl (C=O) groups excluding carboxylic acids is 4. The Kier molecular flexibility index (Phi) is 10.6. The van der Waals surface area contributed by atoms with Crippen molar-refractivity contribution in [3.05, 3.63) is 65.9 Å². The molecule has 0 saturated heterocycles. The fourth-order valence-electron chi connectivity index (χ4n) is 4.31. The molecule has 14 nitrogen and oxygen atoms in total. The second-order valence-corrected chi connectivity index (χ2v) is 9.90. The number of carbonyl (C=O) groups is 5. The molecule has 0 saturated carbocycles. The van der Waals surface area contributed by atoms with Gasteiger partial charge in [-0.2, -0.15) is 0 Å². The molecule has 0 aliphatic heterocycles. The van der Waals surface area contributed by atoms with Crippen molar-refractivity contribution in [1.29, 1.82) is 0 Å². The molecular formula is C28H34N6O8. The molecule has 1 aromatic heterocycles. The molecule has 224 valence electrons. The van der Waals surface area contributed by atoms with Gasteiger partial charge in [0, 0.05) is 29.9 Å². The van der Waals surface area contributed by atoms with Crippen molar-refractivity contribution < 1.29 is 39.3 Å². The first-order valence-corrected chi connectivity index (χ1v) is 13.0. The Morgan fingerprint density at radius 1 is 0.881 bits per heavy atom. The standard InChI is InChI=1S/C28H34N6O8/c1-14(35)24(34-25(38)19(29)12-23(30)37)27(40)32-21(10-15-6-8-17(36)9-7-15)26(39)33-22(28(41)42)11-16-13-31-20-5-3-2-4-18(16)20/h2-9,13-14,19,21-22,24,31,35-36H,10-12,29H2,1H3,(H2,30,37)(H,32,40)(H,33,39)(H,34,38)(H,41,42). The van der Waals surface area contributed by atoms with E-state index >= 15 is 0 Å². The van der Waals surface area contributed by atoms with Gasteiger partial charge in [-0.15, -0.1) is 0 Å². The lowest BCUT2D eigenvalue weighted by atomic mass is 10.0. The molecule has 0 aliphatic carbocycles. The number of hydrogen-bond acceptors (Lipinski definition) is 8. The summed E-state index contributed by atoms with van der Waals surface area (Å²) in [6.07, 6.45) is -0.477. The quantitative estimate of drug-likeness (QED) is 0.110. The van der Waals surface area contributed by atoms with Crippen LogP contribution in [0, 0.1) is 0 Å². The van der Waals surface area contributed by atoms with E-state index in [0.717, 1.165) is 10.9 Å². The molecule has 3 rings (SSSR count). The number of benzene rings is 2. The third-order valence-electron chi connectivity index (χ3n) is 6.54. The highest BCUT2D eigenvalue weighted by Gasteiger charge is 2.33. The summed E-state index contributed by atoms with van der Waals surface area (Å²) in [5, 5.41) is 37.7. The predicted molar refractivity (Wildman–Crippen MR) is 151 cm³/mol. The summed E-state index contributed by atoms with van der Waals surface area (Å²) >= 11 is 0. The third kappa shape index (κ3) is 8.52. The molecule has 5 atom stereocenters. The van der Waals surface area contributed by atoms with Crippen molar-refractivity contribution in [2.75, 3.05) is 0 Å². The maximum atomic E-state index is 13.4. The van der Waals surface area contributed by atoms with E-state index in [-0.39, 0.29) is 18.6 Å². The number of aromatic nitrogens is 1. The van der Waals surface area contributed by atoms with Crippen molar-refractivity contribution in [2.45, 2.75) is 56.5 Å². The minimum Gasteiger partial charge on any atom is -0.508 e. The smallest absolute Gasteiger partial charge is 0.326 e. The normalized spacial score (nSPS) is 14.6. The zero-order valence-electron chi connectivity index (χ0n) is 22.7. The zero-order valence-corrected chi connectivity index (χ0v) is 22.7. The number of aromatic hydroxyl groups is 1. The highest BCUT2D eigenvalue weighted by Crippen LogP contribution is 2.19. The van der Waals surface area contributed by atoms with E-state index in [2.05, 4.69) is 20.9 Å². The van der Waals surface area contributed by atoms with E-state index < -0.39 is 66.3 Å². The number of fused-ring (bicyclic) bond motifs is 1. The molecular weight excluding hydrogens is 548 g/mol. The molecule has 11 N–H and O–H groups in total. The number of H-pyrrole nitrogens is 1. The van der Waals surface area contributed by atoms with Crippen LogP contribution in [0.1, 0.15) is 24.5 Å². The highest BCUT2D eigenvalue weighted by atomic mass is 16.4. The first kappa shape index (κ1) is 31.6. The van der Waals surface area contributed by atoms with Gasteiger partial charge in [0.2, 0.25) is 23.6 Å². The van der Waals surface area contributed by atoms with E-state index in [0.29, 0.717) is 11.1 Å². The average Bonchev–Trinajstić information content (AvgIpc) is 3.33. The van der Waals surface area contributed by atoms with E-state index in [1.807, 2.05) is 18.2 Å². The lowest BCUT2D eigenvalue weighted by molar-refractivity contribution is -0.142. The molecule has 0 aliphatic rings. The van der Waals surface area contributed by atoms with Gasteiger partial charge in [0.15, 0.2) is 0 Å².